The number of hydrogen-bond donors (Lipinski definition) is 1. The number of rotatable bonds is 4. The Kier molecular flexibility index (Phi) is 3.35. The van der Waals surface area contributed by atoms with Gasteiger partial charge in [-0.25, -0.2) is 0 Å². The molecular weight excluding hydrogens is 152 g/mol. The lowest BCUT2D eigenvalue weighted by atomic mass is 10.1. The standard InChI is InChI=1S/C10H16O2/c1-3-4-5-10(11)9-6-8(2)12-7-9/h6-7,10-11H,3-5H2,1-2H3. The molecule has 1 aromatic rings. The molecule has 68 valence electrons. The third kappa shape index (κ3) is 2.38. The zero-order valence-corrected chi connectivity index (χ0v) is 7.71. The molecule has 2 heteroatoms. The Balaban J connectivity index is 2.47. The zero-order valence-electron chi connectivity index (χ0n) is 7.71. The van der Waals surface area contributed by atoms with Crippen molar-refractivity contribution in [2.24, 2.45) is 0 Å². The van der Waals surface area contributed by atoms with Gasteiger partial charge in [0.05, 0.1) is 12.4 Å². The molecule has 2 nitrogen and oxygen atoms in total. The third-order valence-electron chi connectivity index (χ3n) is 1.97. The Morgan fingerprint density at radius 1 is 1.58 bits per heavy atom. The number of unbranched alkanes of at least 4 members (excludes halogenated alkanes) is 1. The predicted molar refractivity (Wildman–Crippen MR) is 47.9 cm³/mol. The van der Waals surface area contributed by atoms with Crippen LogP contribution in [0.5, 0.6) is 0 Å². The van der Waals surface area contributed by atoms with Crippen molar-refractivity contribution in [2.45, 2.75) is 39.2 Å². The highest BCUT2D eigenvalue weighted by atomic mass is 16.3. The first-order chi connectivity index (χ1) is 5.74. The van der Waals surface area contributed by atoms with Crippen LogP contribution in [-0.2, 0) is 0 Å². The molecule has 1 rings (SSSR count). The van der Waals surface area contributed by atoms with Crippen LogP contribution in [0.25, 0.3) is 0 Å². The largest absolute Gasteiger partial charge is 0.469 e. The van der Waals surface area contributed by atoms with Gasteiger partial charge in [0.25, 0.3) is 0 Å². The molecule has 12 heavy (non-hydrogen) atoms. The molecule has 0 aliphatic carbocycles. The number of hydrogen-bond acceptors (Lipinski definition) is 2. The van der Waals surface area contributed by atoms with E-state index >= 15 is 0 Å². The van der Waals surface area contributed by atoms with Gasteiger partial charge >= 0.3 is 0 Å². The first-order valence-corrected chi connectivity index (χ1v) is 4.47. The topological polar surface area (TPSA) is 33.4 Å². The van der Waals surface area contributed by atoms with Gasteiger partial charge in [-0.05, 0) is 19.4 Å². The summed E-state index contributed by atoms with van der Waals surface area (Å²) in [5.41, 5.74) is 0.904. The summed E-state index contributed by atoms with van der Waals surface area (Å²) in [6.07, 6.45) is 4.30. The van der Waals surface area contributed by atoms with Crippen molar-refractivity contribution >= 4 is 0 Å². The van der Waals surface area contributed by atoms with Crippen LogP contribution in [0.1, 0.15) is 43.6 Å². The lowest BCUT2D eigenvalue weighted by Gasteiger charge is -2.05. The molecule has 0 aliphatic heterocycles. The van der Waals surface area contributed by atoms with E-state index in [1.807, 2.05) is 13.0 Å². The molecular formula is C10H16O2. The second kappa shape index (κ2) is 4.31. The van der Waals surface area contributed by atoms with E-state index in [9.17, 15) is 5.11 Å². The van der Waals surface area contributed by atoms with E-state index in [0.717, 1.165) is 30.6 Å². The zero-order chi connectivity index (χ0) is 8.97. The van der Waals surface area contributed by atoms with Gasteiger partial charge in [0.1, 0.15) is 5.76 Å². The van der Waals surface area contributed by atoms with Crippen molar-refractivity contribution in [3.63, 3.8) is 0 Å². The van der Waals surface area contributed by atoms with Crippen LogP contribution in [0.2, 0.25) is 0 Å². The Hall–Kier alpha value is -0.760. The van der Waals surface area contributed by atoms with Gasteiger partial charge in [0, 0.05) is 5.56 Å². The fourth-order valence-electron chi connectivity index (χ4n) is 1.20. The predicted octanol–water partition coefficient (Wildman–Crippen LogP) is 2.81. The highest BCUT2D eigenvalue weighted by Gasteiger charge is 2.08. The monoisotopic (exact) mass is 168 g/mol. The maximum atomic E-state index is 9.60. The maximum Gasteiger partial charge on any atom is 0.101 e. The van der Waals surface area contributed by atoms with Gasteiger partial charge in [-0.1, -0.05) is 19.8 Å². The molecule has 0 saturated heterocycles. The normalized spacial score (nSPS) is 13.2. The van der Waals surface area contributed by atoms with Crippen molar-refractivity contribution in [1.29, 1.82) is 0 Å². The van der Waals surface area contributed by atoms with Crippen LogP contribution in [0.3, 0.4) is 0 Å². The Bertz CT molecular complexity index is 227. The summed E-state index contributed by atoms with van der Waals surface area (Å²) < 4.78 is 5.11. The molecule has 1 aromatic heterocycles. The summed E-state index contributed by atoms with van der Waals surface area (Å²) in [6.45, 7) is 4.00. The summed E-state index contributed by atoms with van der Waals surface area (Å²) in [4.78, 5) is 0. The summed E-state index contributed by atoms with van der Waals surface area (Å²) in [5, 5.41) is 9.60. The first kappa shape index (κ1) is 9.33. The summed E-state index contributed by atoms with van der Waals surface area (Å²) in [7, 11) is 0. The molecule has 1 unspecified atom stereocenters. The summed E-state index contributed by atoms with van der Waals surface area (Å²) >= 11 is 0. The lowest BCUT2D eigenvalue weighted by Crippen LogP contribution is -1.94. The molecule has 0 spiro atoms. The van der Waals surface area contributed by atoms with E-state index in [1.165, 1.54) is 0 Å². The molecule has 0 aliphatic rings. The highest BCUT2D eigenvalue weighted by molar-refractivity contribution is 5.14. The Morgan fingerprint density at radius 2 is 2.33 bits per heavy atom. The van der Waals surface area contributed by atoms with Gasteiger partial charge in [0.2, 0.25) is 0 Å². The Labute approximate surface area is 73.2 Å². The number of aliphatic hydroxyl groups is 1. The smallest absolute Gasteiger partial charge is 0.101 e. The van der Waals surface area contributed by atoms with Crippen molar-refractivity contribution < 1.29 is 9.52 Å². The number of aryl methyl sites for hydroxylation is 1. The van der Waals surface area contributed by atoms with E-state index in [1.54, 1.807) is 6.26 Å². The van der Waals surface area contributed by atoms with E-state index in [-0.39, 0.29) is 6.10 Å². The molecule has 0 aromatic carbocycles. The second-order valence-corrected chi connectivity index (χ2v) is 3.15. The molecule has 0 fully saturated rings. The number of aliphatic hydroxyl groups excluding tert-OH is 1. The molecule has 1 N–H and O–H groups in total. The van der Waals surface area contributed by atoms with Crippen LogP contribution >= 0.6 is 0 Å². The van der Waals surface area contributed by atoms with Gasteiger partial charge in [-0.3, -0.25) is 0 Å². The SMILES string of the molecule is CCCCC(O)c1coc(C)c1. The fourth-order valence-corrected chi connectivity index (χ4v) is 1.20. The van der Waals surface area contributed by atoms with Crippen LogP contribution in [0, 0.1) is 6.92 Å². The minimum absolute atomic E-state index is 0.345. The second-order valence-electron chi connectivity index (χ2n) is 3.15. The van der Waals surface area contributed by atoms with Crippen molar-refractivity contribution in [2.75, 3.05) is 0 Å². The molecule has 0 radical (unpaired) electrons. The Morgan fingerprint density at radius 3 is 2.83 bits per heavy atom. The molecule has 1 atom stereocenters. The van der Waals surface area contributed by atoms with Crippen LogP contribution in [0.15, 0.2) is 16.7 Å². The van der Waals surface area contributed by atoms with Crippen LogP contribution < -0.4 is 0 Å². The van der Waals surface area contributed by atoms with E-state index < -0.39 is 0 Å². The summed E-state index contributed by atoms with van der Waals surface area (Å²) in [6, 6.07) is 1.89. The maximum absolute atomic E-state index is 9.60. The van der Waals surface area contributed by atoms with Crippen molar-refractivity contribution in [3.05, 3.63) is 23.7 Å². The van der Waals surface area contributed by atoms with E-state index in [0.29, 0.717) is 0 Å². The number of furan rings is 1. The average Bonchev–Trinajstić information content (AvgIpc) is 2.47. The van der Waals surface area contributed by atoms with E-state index in [4.69, 9.17) is 4.42 Å². The molecule has 1 heterocycles. The molecule has 0 bridgehead atoms. The molecule has 0 amide bonds. The van der Waals surface area contributed by atoms with Crippen molar-refractivity contribution in [1.82, 2.24) is 0 Å². The fraction of sp³-hybridized carbons (Fsp3) is 0.600. The van der Waals surface area contributed by atoms with Crippen molar-refractivity contribution in [3.8, 4) is 0 Å². The minimum Gasteiger partial charge on any atom is -0.469 e. The third-order valence-corrected chi connectivity index (χ3v) is 1.97. The van der Waals surface area contributed by atoms with Crippen LogP contribution in [-0.4, -0.2) is 5.11 Å². The molecule has 0 saturated carbocycles. The average molecular weight is 168 g/mol. The quantitative estimate of drug-likeness (QED) is 0.750. The first-order valence-electron chi connectivity index (χ1n) is 4.47. The minimum atomic E-state index is -0.345. The van der Waals surface area contributed by atoms with Gasteiger partial charge in [0.15, 0.2) is 0 Å². The lowest BCUT2D eigenvalue weighted by molar-refractivity contribution is 0.163. The summed E-state index contributed by atoms with van der Waals surface area (Å²) in [5.74, 6) is 0.862. The van der Waals surface area contributed by atoms with Gasteiger partial charge in [-0.2, -0.15) is 0 Å². The van der Waals surface area contributed by atoms with Crippen LogP contribution in [0.4, 0.5) is 0 Å². The van der Waals surface area contributed by atoms with Gasteiger partial charge < -0.3 is 9.52 Å². The highest BCUT2D eigenvalue weighted by Crippen LogP contribution is 2.20. The van der Waals surface area contributed by atoms with Gasteiger partial charge in [-0.15, -0.1) is 0 Å². The van der Waals surface area contributed by atoms with E-state index in [2.05, 4.69) is 6.92 Å².